The smallest absolute Gasteiger partial charge is 0.0665 e. The molecule has 0 amide bonds. The molecule has 0 bridgehead atoms. The van der Waals surface area contributed by atoms with Crippen molar-refractivity contribution >= 4 is 0 Å². The molecule has 19 heavy (non-hydrogen) atoms. The van der Waals surface area contributed by atoms with E-state index in [2.05, 4.69) is 23.0 Å². The maximum atomic E-state index is 6.08. The van der Waals surface area contributed by atoms with Crippen molar-refractivity contribution in [1.82, 2.24) is 9.78 Å². The van der Waals surface area contributed by atoms with Gasteiger partial charge in [-0.25, -0.2) is 0 Å². The van der Waals surface area contributed by atoms with Crippen LogP contribution < -0.4 is 5.73 Å². The van der Waals surface area contributed by atoms with Crippen molar-refractivity contribution in [3.63, 3.8) is 0 Å². The van der Waals surface area contributed by atoms with Crippen molar-refractivity contribution in [2.45, 2.75) is 69.9 Å². The molecule has 3 nitrogen and oxygen atoms in total. The summed E-state index contributed by atoms with van der Waals surface area (Å²) in [7, 11) is 0. The van der Waals surface area contributed by atoms with Crippen molar-refractivity contribution < 1.29 is 0 Å². The average molecular weight is 259 g/mol. The van der Waals surface area contributed by atoms with Gasteiger partial charge < -0.3 is 5.73 Å². The summed E-state index contributed by atoms with van der Waals surface area (Å²) >= 11 is 0. The van der Waals surface area contributed by atoms with Crippen molar-refractivity contribution in [2.24, 2.45) is 5.73 Å². The summed E-state index contributed by atoms with van der Waals surface area (Å²) in [6.07, 6.45) is 15.6. The minimum absolute atomic E-state index is 0.259. The minimum Gasteiger partial charge on any atom is -0.324 e. The van der Waals surface area contributed by atoms with Gasteiger partial charge in [0.25, 0.3) is 0 Å². The average Bonchev–Trinajstić information content (AvgIpc) is 3.01. The van der Waals surface area contributed by atoms with E-state index < -0.39 is 0 Å². The van der Waals surface area contributed by atoms with Gasteiger partial charge in [0.2, 0.25) is 0 Å². The quantitative estimate of drug-likeness (QED) is 0.846. The Hall–Kier alpha value is -1.09. The Morgan fingerprint density at radius 1 is 1.16 bits per heavy atom. The molecule has 1 fully saturated rings. The molecular weight excluding hydrogens is 234 g/mol. The number of aromatic nitrogens is 2. The van der Waals surface area contributed by atoms with Crippen LogP contribution in [0.4, 0.5) is 0 Å². The number of hydrogen-bond donors (Lipinski definition) is 1. The van der Waals surface area contributed by atoms with E-state index >= 15 is 0 Å². The van der Waals surface area contributed by atoms with Crippen LogP contribution in [0.25, 0.3) is 0 Å². The minimum atomic E-state index is 0.259. The van der Waals surface area contributed by atoms with Gasteiger partial charge in [-0.2, -0.15) is 5.10 Å². The Labute approximate surface area is 115 Å². The van der Waals surface area contributed by atoms with Gasteiger partial charge in [-0.15, -0.1) is 0 Å². The molecule has 0 spiro atoms. The zero-order chi connectivity index (χ0) is 13.1. The summed E-state index contributed by atoms with van der Waals surface area (Å²) in [5, 5.41) is 4.78. The number of allylic oxidation sites excluding steroid dienone is 1. The first kappa shape index (κ1) is 12.9. The predicted molar refractivity (Wildman–Crippen MR) is 78.0 cm³/mol. The monoisotopic (exact) mass is 259 g/mol. The molecule has 2 N–H and O–H groups in total. The lowest BCUT2D eigenvalue weighted by molar-refractivity contribution is 0.463. The fourth-order valence-corrected chi connectivity index (χ4v) is 3.43. The number of nitrogens with zero attached hydrogens (tertiary/aromatic N) is 2. The van der Waals surface area contributed by atoms with Gasteiger partial charge in [0, 0.05) is 18.7 Å². The van der Waals surface area contributed by atoms with E-state index in [0.717, 1.165) is 12.8 Å². The van der Waals surface area contributed by atoms with E-state index in [1.807, 2.05) is 0 Å². The number of rotatable bonds is 3. The van der Waals surface area contributed by atoms with Gasteiger partial charge in [-0.3, -0.25) is 4.68 Å². The maximum absolute atomic E-state index is 6.08. The lowest BCUT2D eigenvalue weighted by Crippen LogP contribution is -2.16. The van der Waals surface area contributed by atoms with Crippen LogP contribution in [0.3, 0.4) is 0 Å². The van der Waals surface area contributed by atoms with Gasteiger partial charge in [0.15, 0.2) is 0 Å². The molecule has 3 rings (SSSR count). The molecule has 0 aliphatic heterocycles. The van der Waals surface area contributed by atoms with E-state index in [1.165, 1.54) is 56.2 Å². The highest BCUT2D eigenvalue weighted by Crippen LogP contribution is 2.29. The number of hydrogen-bond acceptors (Lipinski definition) is 2. The Morgan fingerprint density at radius 2 is 1.95 bits per heavy atom. The standard InChI is InChI=1S/C16H25N3/c17-14-6-2-1-5-13(11-14)12-15-9-10-19(18-15)16-7-3-4-8-16/h9-11,14,16H,1-8,12,17H2. The first-order valence-electron chi connectivity index (χ1n) is 7.80. The third-order valence-corrected chi connectivity index (χ3v) is 4.51. The van der Waals surface area contributed by atoms with Crippen LogP contribution in [0.2, 0.25) is 0 Å². The SMILES string of the molecule is NC1C=C(Cc2ccn(C3CCCC3)n2)CCCC1. The second-order valence-electron chi connectivity index (χ2n) is 6.14. The van der Waals surface area contributed by atoms with Gasteiger partial charge in [0.1, 0.15) is 0 Å². The molecule has 1 saturated carbocycles. The summed E-state index contributed by atoms with van der Waals surface area (Å²) in [6.45, 7) is 0. The first-order chi connectivity index (χ1) is 9.31. The Kier molecular flexibility index (Phi) is 4.02. The summed E-state index contributed by atoms with van der Waals surface area (Å²) in [6, 6.07) is 3.10. The maximum Gasteiger partial charge on any atom is 0.0665 e. The lowest BCUT2D eigenvalue weighted by Gasteiger charge is -2.09. The largest absolute Gasteiger partial charge is 0.324 e. The first-order valence-corrected chi connectivity index (χ1v) is 7.80. The third kappa shape index (κ3) is 3.27. The zero-order valence-corrected chi connectivity index (χ0v) is 11.7. The lowest BCUT2D eigenvalue weighted by atomic mass is 10.1. The van der Waals surface area contributed by atoms with Crippen LogP contribution in [0.5, 0.6) is 0 Å². The summed E-state index contributed by atoms with van der Waals surface area (Å²) in [5.41, 5.74) is 8.78. The molecule has 2 aliphatic rings. The van der Waals surface area contributed by atoms with E-state index in [0.29, 0.717) is 6.04 Å². The molecule has 0 radical (unpaired) electrons. The van der Waals surface area contributed by atoms with Gasteiger partial charge >= 0.3 is 0 Å². The molecule has 2 aliphatic carbocycles. The molecule has 0 aromatic carbocycles. The van der Waals surface area contributed by atoms with E-state index in [-0.39, 0.29) is 6.04 Å². The van der Waals surface area contributed by atoms with Crippen LogP contribution in [0.1, 0.15) is 63.1 Å². The topological polar surface area (TPSA) is 43.8 Å². The summed E-state index contributed by atoms with van der Waals surface area (Å²) in [4.78, 5) is 0. The Bertz CT molecular complexity index is 441. The fourth-order valence-electron chi connectivity index (χ4n) is 3.43. The third-order valence-electron chi connectivity index (χ3n) is 4.51. The van der Waals surface area contributed by atoms with Gasteiger partial charge in [-0.1, -0.05) is 30.9 Å². The molecule has 1 heterocycles. The Morgan fingerprint density at radius 3 is 2.79 bits per heavy atom. The van der Waals surface area contributed by atoms with E-state index in [9.17, 15) is 0 Å². The highest BCUT2D eigenvalue weighted by Gasteiger charge is 2.18. The number of nitrogens with two attached hydrogens (primary N) is 1. The second kappa shape index (κ2) is 5.91. The van der Waals surface area contributed by atoms with Crippen LogP contribution in [-0.2, 0) is 6.42 Å². The Balaban J connectivity index is 1.66. The van der Waals surface area contributed by atoms with Crippen molar-refractivity contribution in [3.8, 4) is 0 Å². The van der Waals surface area contributed by atoms with Crippen molar-refractivity contribution in [2.75, 3.05) is 0 Å². The van der Waals surface area contributed by atoms with Gasteiger partial charge in [-0.05, 0) is 38.2 Å². The van der Waals surface area contributed by atoms with Crippen LogP contribution in [-0.4, -0.2) is 15.8 Å². The molecule has 1 atom stereocenters. The molecule has 3 heteroatoms. The second-order valence-corrected chi connectivity index (χ2v) is 6.14. The van der Waals surface area contributed by atoms with Crippen molar-refractivity contribution in [3.05, 3.63) is 29.6 Å². The zero-order valence-electron chi connectivity index (χ0n) is 11.7. The van der Waals surface area contributed by atoms with Crippen molar-refractivity contribution in [1.29, 1.82) is 0 Å². The highest BCUT2D eigenvalue weighted by molar-refractivity contribution is 5.17. The summed E-state index contributed by atoms with van der Waals surface area (Å²) in [5.74, 6) is 0. The molecule has 104 valence electrons. The van der Waals surface area contributed by atoms with Crippen LogP contribution >= 0.6 is 0 Å². The molecule has 1 unspecified atom stereocenters. The molecule has 1 aromatic heterocycles. The van der Waals surface area contributed by atoms with Crippen LogP contribution in [0.15, 0.2) is 23.9 Å². The molecule has 1 aromatic rings. The molecular formula is C16H25N3. The summed E-state index contributed by atoms with van der Waals surface area (Å²) < 4.78 is 2.19. The van der Waals surface area contributed by atoms with Crippen LogP contribution in [0, 0.1) is 0 Å². The molecule has 0 saturated heterocycles. The van der Waals surface area contributed by atoms with E-state index in [4.69, 9.17) is 10.8 Å². The van der Waals surface area contributed by atoms with E-state index in [1.54, 1.807) is 0 Å². The predicted octanol–water partition coefficient (Wildman–Crippen LogP) is 3.37. The van der Waals surface area contributed by atoms with Gasteiger partial charge in [0.05, 0.1) is 11.7 Å². The highest BCUT2D eigenvalue weighted by atomic mass is 15.3. The fraction of sp³-hybridized carbons (Fsp3) is 0.688. The normalized spacial score (nSPS) is 25.3.